The molecule has 0 aromatic heterocycles. The lowest BCUT2D eigenvalue weighted by molar-refractivity contribution is -0.133. The highest BCUT2D eigenvalue weighted by Gasteiger charge is 2.24. The number of benzene rings is 2. The smallest absolute Gasteiger partial charge is 0.251 e. The lowest BCUT2D eigenvalue weighted by atomic mass is 9.97. The Morgan fingerprint density at radius 3 is 2.85 bits per heavy atom. The molecule has 26 heavy (non-hydrogen) atoms. The number of piperidine rings is 1. The quantitative estimate of drug-likeness (QED) is 0.868. The number of nitrogens with one attached hydrogen (secondary N) is 1. The number of methoxy groups -OCH3 is 1. The summed E-state index contributed by atoms with van der Waals surface area (Å²) in [4.78, 5) is 26.7. The zero-order valence-corrected chi connectivity index (χ0v) is 15.2. The Labute approximate surface area is 154 Å². The minimum absolute atomic E-state index is 0.0513. The van der Waals surface area contributed by atoms with Gasteiger partial charge in [-0.05, 0) is 35.6 Å². The van der Waals surface area contributed by atoms with E-state index in [0.29, 0.717) is 37.6 Å². The van der Waals surface area contributed by atoms with Gasteiger partial charge in [-0.25, -0.2) is 0 Å². The Morgan fingerprint density at radius 2 is 2.00 bits per heavy atom. The number of hydrogen-bond acceptors (Lipinski definition) is 3. The maximum atomic E-state index is 12.6. The first-order valence-electron chi connectivity index (χ1n) is 9.21. The molecule has 1 saturated heterocycles. The third kappa shape index (κ3) is 4.41. The largest absolute Gasteiger partial charge is 0.384 e. The molecule has 1 aliphatic heterocycles. The second-order valence-corrected chi connectivity index (χ2v) is 6.83. The van der Waals surface area contributed by atoms with E-state index < -0.39 is 0 Å². The monoisotopic (exact) mass is 354 g/mol. The lowest BCUT2D eigenvalue weighted by Gasteiger charge is -2.33. The van der Waals surface area contributed by atoms with Gasteiger partial charge >= 0.3 is 0 Å². The molecule has 5 nitrogen and oxygen atoms in total. The van der Waals surface area contributed by atoms with Gasteiger partial charge in [0.15, 0.2) is 0 Å². The minimum atomic E-state index is -0.0513. The molecule has 0 aliphatic carbocycles. The zero-order valence-electron chi connectivity index (χ0n) is 15.2. The highest BCUT2D eigenvalue weighted by molar-refractivity contribution is 6.06. The first kappa shape index (κ1) is 18.4. The van der Waals surface area contributed by atoms with Crippen LogP contribution in [0.1, 0.15) is 29.6 Å². The highest BCUT2D eigenvalue weighted by Crippen LogP contribution is 2.20. The summed E-state index contributed by atoms with van der Waals surface area (Å²) in [6.07, 6.45) is 2.43. The van der Waals surface area contributed by atoms with Gasteiger partial charge in [0.25, 0.3) is 5.91 Å². The number of amides is 2. The maximum absolute atomic E-state index is 12.6. The van der Waals surface area contributed by atoms with Crippen molar-refractivity contribution < 1.29 is 14.3 Å². The van der Waals surface area contributed by atoms with Crippen LogP contribution in [0.15, 0.2) is 42.5 Å². The second-order valence-electron chi connectivity index (χ2n) is 6.83. The minimum Gasteiger partial charge on any atom is -0.384 e. The van der Waals surface area contributed by atoms with Crippen molar-refractivity contribution in [3.05, 3.63) is 48.0 Å². The van der Waals surface area contributed by atoms with Gasteiger partial charge in [-0.2, -0.15) is 0 Å². The molecule has 138 valence electrons. The fraction of sp³-hybridized carbons (Fsp3) is 0.429. The Morgan fingerprint density at radius 1 is 1.19 bits per heavy atom. The summed E-state index contributed by atoms with van der Waals surface area (Å²) in [5.41, 5.74) is 0.701. The standard InChI is InChI=1S/C21H26N2O3/c1-26-13-11-20(24)23-12-5-6-16(15-23)14-22-21(25)19-10-4-8-17-7-2-3-9-18(17)19/h2-4,7-10,16H,5-6,11-15H2,1H3,(H,22,25)/t16-/m0/s1. The third-order valence-corrected chi connectivity index (χ3v) is 4.98. The van der Waals surface area contributed by atoms with Crippen molar-refractivity contribution in [3.8, 4) is 0 Å². The Kier molecular flexibility index (Phi) is 6.23. The molecule has 5 heteroatoms. The Hall–Kier alpha value is -2.40. The van der Waals surface area contributed by atoms with E-state index in [1.165, 1.54) is 0 Å². The van der Waals surface area contributed by atoms with Crippen LogP contribution in [0.5, 0.6) is 0 Å². The molecule has 1 atom stereocenters. The molecule has 0 spiro atoms. The lowest BCUT2D eigenvalue weighted by Crippen LogP contribution is -2.44. The normalized spacial score (nSPS) is 17.3. The van der Waals surface area contributed by atoms with Gasteiger partial charge in [0.1, 0.15) is 0 Å². The number of nitrogens with zero attached hydrogens (tertiary/aromatic N) is 1. The summed E-state index contributed by atoms with van der Waals surface area (Å²) >= 11 is 0. The molecule has 1 fully saturated rings. The van der Waals surface area contributed by atoms with Crippen molar-refractivity contribution >= 4 is 22.6 Å². The number of hydrogen-bond donors (Lipinski definition) is 1. The van der Waals surface area contributed by atoms with E-state index >= 15 is 0 Å². The van der Waals surface area contributed by atoms with E-state index in [2.05, 4.69) is 5.32 Å². The topological polar surface area (TPSA) is 58.6 Å². The number of ether oxygens (including phenoxy) is 1. The van der Waals surface area contributed by atoms with Crippen molar-refractivity contribution in [1.82, 2.24) is 10.2 Å². The predicted octanol–water partition coefficient (Wildman–Crippen LogP) is 2.84. The number of likely N-dealkylation sites (tertiary alicyclic amines) is 1. The van der Waals surface area contributed by atoms with Crippen LogP contribution in [-0.4, -0.2) is 50.1 Å². The maximum Gasteiger partial charge on any atom is 0.251 e. The van der Waals surface area contributed by atoms with Crippen LogP contribution in [0.3, 0.4) is 0 Å². The molecule has 2 aromatic rings. The van der Waals surface area contributed by atoms with Gasteiger partial charge in [0.2, 0.25) is 5.91 Å². The number of carbonyl (C=O) groups is 2. The van der Waals surface area contributed by atoms with E-state index in [1.807, 2.05) is 47.4 Å². The first-order chi connectivity index (χ1) is 12.7. The molecule has 0 unspecified atom stereocenters. The van der Waals surface area contributed by atoms with Crippen LogP contribution in [0.25, 0.3) is 10.8 Å². The summed E-state index contributed by atoms with van der Waals surface area (Å²) in [6, 6.07) is 13.7. The summed E-state index contributed by atoms with van der Waals surface area (Å²) in [7, 11) is 1.61. The fourth-order valence-corrected chi connectivity index (χ4v) is 3.56. The average molecular weight is 354 g/mol. The van der Waals surface area contributed by atoms with Crippen LogP contribution >= 0.6 is 0 Å². The fourth-order valence-electron chi connectivity index (χ4n) is 3.56. The Bertz CT molecular complexity index is 769. The van der Waals surface area contributed by atoms with E-state index in [9.17, 15) is 9.59 Å². The molecule has 2 amide bonds. The van der Waals surface area contributed by atoms with E-state index in [0.717, 1.165) is 30.2 Å². The van der Waals surface area contributed by atoms with Gasteiger partial charge in [-0.1, -0.05) is 36.4 Å². The molecule has 0 saturated carbocycles. The average Bonchev–Trinajstić information content (AvgIpc) is 2.70. The third-order valence-electron chi connectivity index (χ3n) is 4.98. The molecule has 0 bridgehead atoms. The zero-order chi connectivity index (χ0) is 18.4. The number of carbonyl (C=O) groups excluding carboxylic acids is 2. The van der Waals surface area contributed by atoms with Gasteiger partial charge in [0, 0.05) is 32.3 Å². The molecule has 3 rings (SSSR count). The molecular weight excluding hydrogens is 328 g/mol. The van der Waals surface area contributed by atoms with Crippen molar-refractivity contribution in [2.45, 2.75) is 19.3 Å². The predicted molar refractivity (Wildman–Crippen MR) is 102 cm³/mol. The molecule has 0 radical (unpaired) electrons. The first-order valence-corrected chi connectivity index (χ1v) is 9.21. The van der Waals surface area contributed by atoms with Crippen LogP contribution in [0.2, 0.25) is 0 Å². The Balaban J connectivity index is 1.58. The molecular formula is C21H26N2O3. The summed E-state index contributed by atoms with van der Waals surface area (Å²) in [5.74, 6) is 0.385. The molecule has 1 N–H and O–H groups in total. The SMILES string of the molecule is COCCC(=O)N1CCC[C@@H](CNC(=O)c2cccc3ccccc23)C1. The summed E-state index contributed by atoms with van der Waals surface area (Å²) in [5, 5.41) is 5.09. The van der Waals surface area contributed by atoms with Gasteiger partial charge < -0.3 is 15.0 Å². The van der Waals surface area contributed by atoms with Crippen LogP contribution in [0, 0.1) is 5.92 Å². The van der Waals surface area contributed by atoms with Gasteiger partial charge in [0.05, 0.1) is 13.0 Å². The van der Waals surface area contributed by atoms with Crippen molar-refractivity contribution in [1.29, 1.82) is 0 Å². The van der Waals surface area contributed by atoms with Gasteiger partial charge in [-0.3, -0.25) is 9.59 Å². The molecule has 2 aromatic carbocycles. The van der Waals surface area contributed by atoms with E-state index in [-0.39, 0.29) is 11.8 Å². The van der Waals surface area contributed by atoms with E-state index in [1.54, 1.807) is 7.11 Å². The van der Waals surface area contributed by atoms with E-state index in [4.69, 9.17) is 4.74 Å². The van der Waals surface area contributed by atoms with Crippen molar-refractivity contribution in [3.63, 3.8) is 0 Å². The number of rotatable bonds is 6. The number of fused-ring (bicyclic) bond motifs is 1. The second kappa shape index (κ2) is 8.81. The molecule has 1 aliphatic rings. The van der Waals surface area contributed by atoms with Crippen LogP contribution in [0.4, 0.5) is 0 Å². The van der Waals surface area contributed by atoms with Crippen molar-refractivity contribution in [2.24, 2.45) is 5.92 Å². The summed E-state index contributed by atoms with van der Waals surface area (Å²) in [6.45, 7) is 2.56. The summed E-state index contributed by atoms with van der Waals surface area (Å²) < 4.78 is 4.99. The van der Waals surface area contributed by atoms with Crippen LogP contribution < -0.4 is 5.32 Å². The molecule has 1 heterocycles. The van der Waals surface area contributed by atoms with Gasteiger partial charge in [-0.15, -0.1) is 0 Å². The van der Waals surface area contributed by atoms with Crippen molar-refractivity contribution in [2.75, 3.05) is 33.4 Å². The highest BCUT2D eigenvalue weighted by atomic mass is 16.5. The van der Waals surface area contributed by atoms with Crippen LogP contribution in [-0.2, 0) is 9.53 Å².